The number of carbonyl (C=O) groups excluding carboxylic acids is 1. The largest absolute Gasteiger partial charge is 0.490 e. The first-order valence-corrected chi connectivity index (χ1v) is 9.26. The molecule has 0 fully saturated rings. The maximum Gasteiger partial charge on any atom is 0.179 e. The van der Waals surface area contributed by atoms with Crippen molar-refractivity contribution in [3.63, 3.8) is 0 Å². The Kier molecular flexibility index (Phi) is 5.49. The van der Waals surface area contributed by atoms with E-state index >= 15 is 0 Å². The van der Waals surface area contributed by atoms with Gasteiger partial charge in [-0.25, -0.2) is 0 Å². The normalized spacial score (nSPS) is 19.9. The molecule has 1 aliphatic heterocycles. The first-order valence-electron chi connectivity index (χ1n) is 8.47. The molecule has 0 spiro atoms. The van der Waals surface area contributed by atoms with Gasteiger partial charge < -0.3 is 20.1 Å². The minimum atomic E-state index is -0.330. The van der Waals surface area contributed by atoms with E-state index in [9.17, 15) is 4.79 Å². The van der Waals surface area contributed by atoms with Crippen LogP contribution in [0.2, 0.25) is 5.02 Å². The van der Waals surface area contributed by atoms with E-state index in [0.717, 1.165) is 29.7 Å². The Labute approximate surface area is 157 Å². The highest BCUT2D eigenvalue weighted by Crippen LogP contribution is 2.41. The fraction of sp³-hybridized carbons (Fsp3) is 0.444. The summed E-state index contributed by atoms with van der Waals surface area (Å²) in [5.74, 6) is 1.23. The van der Waals surface area contributed by atoms with Gasteiger partial charge in [-0.05, 0) is 56.6 Å². The summed E-state index contributed by atoms with van der Waals surface area (Å²) in [6.07, 6.45) is 2.21. The number of hydrogen-bond donors (Lipinski definition) is 2. The van der Waals surface area contributed by atoms with Crippen molar-refractivity contribution in [1.29, 1.82) is 0 Å². The molecule has 0 saturated carbocycles. The lowest BCUT2D eigenvalue weighted by atomic mass is 9.85. The summed E-state index contributed by atoms with van der Waals surface area (Å²) in [7, 11) is 0. The third-order valence-corrected chi connectivity index (χ3v) is 4.74. The average Bonchev–Trinajstić information content (AvgIpc) is 2.57. The molecule has 1 aromatic carbocycles. The molecule has 7 heteroatoms. The summed E-state index contributed by atoms with van der Waals surface area (Å²) in [5.41, 5.74) is 2.49. The van der Waals surface area contributed by atoms with Gasteiger partial charge in [0.15, 0.2) is 22.4 Å². The number of ketones is 1. The Balaban J connectivity index is 2.08. The fourth-order valence-electron chi connectivity index (χ4n) is 3.26. The number of hydrogen-bond acceptors (Lipinski definition) is 4. The van der Waals surface area contributed by atoms with Crippen LogP contribution in [0.3, 0.4) is 0 Å². The number of Topliss-reactive ketones (excluding diaryl/α,β-unsaturated/α-hetero) is 1. The monoisotopic (exact) mass is 380 g/mol. The van der Waals surface area contributed by atoms with E-state index < -0.39 is 0 Å². The van der Waals surface area contributed by atoms with Crippen molar-refractivity contribution in [1.82, 2.24) is 10.6 Å². The number of halogens is 1. The van der Waals surface area contributed by atoms with E-state index in [0.29, 0.717) is 41.3 Å². The van der Waals surface area contributed by atoms with Crippen molar-refractivity contribution >= 4 is 34.7 Å². The quantitative estimate of drug-likeness (QED) is 0.760. The molecule has 0 radical (unpaired) electrons. The van der Waals surface area contributed by atoms with Gasteiger partial charge in [0.05, 0.1) is 24.3 Å². The highest BCUT2D eigenvalue weighted by Gasteiger charge is 2.34. The lowest BCUT2D eigenvalue weighted by Crippen LogP contribution is -2.46. The topological polar surface area (TPSA) is 59.6 Å². The van der Waals surface area contributed by atoms with Gasteiger partial charge in [-0.15, -0.1) is 0 Å². The summed E-state index contributed by atoms with van der Waals surface area (Å²) in [4.78, 5) is 12.5. The van der Waals surface area contributed by atoms with Gasteiger partial charge in [0.25, 0.3) is 0 Å². The summed E-state index contributed by atoms with van der Waals surface area (Å²) in [6.45, 7) is 4.78. The molecule has 5 nitrogen and oxygen atoms in total. The number of rotatable bonds is 5. The van der Waals surface area contributed by atoms with Crippen molar-refractivity contribution in [2.75, 3.05) is 13.2 Å². The molecule has 2 aliphatic rings. The van der Waals surface area contributed by atoms with Crippen molar-refractivity contribution in [3.05, 3.63) is 34.0 Å². The Hall–Kier alpha value is -1.79. The number of thiocarbonyl (C=S) groups is 1. The van der Waals surface area contributed by atoms with Crippen LogP contribution in [0.15, 0.2) is 23.4 Å². The molecule has 3 rings (SSSR count). The molecule has 2 N–H and O–H groups in total. The molecule has 1 aliphatic carbocycles. The molecule has 1 heterocycles. The fourth-order valence-corrected chi connectivity index (χ4v) is 3.77. The number of nitrogens with one attached hydrogen (secondary N) is 2. The molecule has 1 unspecified atom stereocenters. The van der Waals surface area contributed by atoms with E-state index in [2.05, 4.69) is 10.6 Å². The van der Waals surface area contributed by atoms with Crippen LogP contribution < -0.4 is 20.1 Å². The second-order valence-corrected chi connectivity index (χ2v) is 6.71. The molecule has 0 amide bonds. The predicted octanol–water partition coefficient (Wildman–Crippen LogP) is 3.66. The minimum absolute atomic E-state index is 0.136. The lowest BCUT2D eigenvalue weighted by Gasteiger charge is -2.34. The number of carbonyl (C=O) groups is 1. The average molecular weight is 381 g/mol. The zero-order valence-electron chi connectivity index (χ0n) is 14.3. The van der Waals surface area contributed by atoms with Gasteiger partial charge in [0, 0.05) is 17.7 Å². The van der Waals surface area contributed by atoms with Gasteiger partial charge in [-0.1, -0.05) is 11.6 Å². The second-order valence-electron chi connectivity index (χ2n) is 5.90. The maximum absolute atomic E-state index is 12.5. The van der Waals surface area contributed by atoms with Gasteiger partial charge >= 0.3 is 0 Å². The number of ether oxygens (including phenoxy) is 2. The van der Waals surface area contributed by atoms with Crippen molar-refractivity contribution in [3.8, 4) is 11.5 Å². The molecular weight excluding hydrogens is 360 g/mol. The minimum Gasteiger partial charge on any atom is -0.490 e. The van der Waals surface area contributed by atoms with Crippen LogP contribution in [0, 0.1) is 0 Å². The van der Waals surface area contributed by atoms with Gasteiger partial charge in [-0.3, -0.25) is 4.79 Å². The zero-order chi connectivity index (χ0) is 18.0. The smallest absolute Gasteiger partial charge is 0.179 e. The number of allylic oxidation sites excluding steroid dienone is 1. The van der Waals surface area contributed by atoms with Gasteiger partial charge in [0.2, 0.25) is 0 Å². The standard InChI is InChI=1S/C18H21ClN2O3S/c1-3-23-14-9-10(8-11(19)17(14)24-4-2)16-15-12(20-18(25)21-16)6-5-7-13(15)22/h8-9,16H,3-7H2,1-2H3,(H2,20,21,25). The first-order chi connectivity index (χ1) is 12.0. The SMILES string of the molecule is CCOc1cc(C2NC(=S)NC3=C2C(=O)CCC3)cc(Cl)c1OCC. The Morgan fingerprint density at radius 3 is 2.72 bits per heavy atom. The van der Waals surface area contributed by atoms with Crippen LogP contribution in [0.4, 0.5) is 0 Å². The molecule has 0 saturated heterocycles. The number of benzene rings is 1. The molecular formula is C18H21ClN2O3S. The molecule has 0 aromatic heterocycles. The van der Waals surface area contributed by atoms with Crippen molar-refractivity contribution < 1.29 is 14.3 Å². The molecule has 1 aromatic rings. The summed E-state index contributed by atoms with van der Waals surface area (Å²) >= 11 is 11.8. The van der Waals surface area contributed by atoms with E-state index in [1.807, 2.05) is 26.0 Å². The maximum atomic E-state index is 12.5. The second kappa shape index (κ2) is 7.62. The predicted molar refractivity (Wildman–Crippen MR) is 101 cm³/mol. The highest BCUT2D eigenvalue weighted by molar-refractivity contribution is 7.80. The van der Waals surface area contributed by atoms with E-state index in [1.54, 1.807) is 0 Å². The third kappa shape index (κ3) is 3.60. The molecule has 1 atom stereocenters. The third-order valence-electron chi connectivity index (χ3n) is 4.24. The highest BCUT2D eigenvalue weighted by atomic mass is 35.5. The molecule has 134 valence electrons. The summed E-state index contributed by atoms with van der Waals surface area (Å²) < 4.78 is 11.3. The first kappa shape index (κ1) is 18.0. The van der Waals surface area contributed by atoms with Crippen LogP contribution in [0.5, 0.6) is 11.5 Å². The van der Waals surface area contributed by atoms with Gasteiger partial charge in [0.1, 0.15) is 0 Å². The van der Waals surface area contributed by atoms with E-state index in [1.165, 1.54) is 0 Å². The van der Waals surface area contributed by atoms with E-state index in [4.69, 9.17) is 33.3 Å². The molecule has 0 bridgehead atoms. The van der Waals surface area contributed by atoms with Crippen LogP contribution in [0.1, 0.15) is 44.7 Å². The Bertz CT molecular complexity index is 748. The Morgan fingerprint density at radius 1 is 1.24 bits per heavy atom. The lowest BCUT2D eigenvalue weighted by molar-refractivity contribution is -0.116. The van der Waals surface area contributed by atoms with Crippen LogP contribution in [0.25, 0.3) is 0 Å². The van der Waals surface area contributed by atoms with Gasteiger partial charge in [-0.2, -0.15) is 0 Å². The summed E-state index contributed by atoms with van der Waals surface area (Å²) in [6, 6.07) is 3.36. The van der Waals surface area contributed by atoms with Crippen LogP contribution >= 0.6 is 23.8 Å². The van der Waals surface area contributed by atoms with Crippen molar-refractivity contribution in [2.24, 2.45) is 0 Å². The van der Waals surface area contributed by atoms with E-state index in [-0.39, 0.29) is 11.8 Å². The summed E-state index contributed by atoms with van der Waals surface area (Å²) in [5, 5.41) is 7.29. The zero-order valence-corrected chi connectivity index (χ0v) is 15.9. The van der Waals surface area contributed by atoms with Crippen molar-refractivity contribution in [2.45, 2.75) is 39.2 Å². The van der Waals surface area contributed by atoms with Crippen LogP contribution in [-0.2, 0) is 4.79 Å². The molecule has 25 heavy (non-hydrogen) atoms. The van der Waals surface area contributed by atoms with Crippen LogP contribution in [-0.4, -0.2) is 24.1 Å². The Morgan fingerprint density at radius 2 is 2.00 bits per heavy atom.